The topological polar surface area (TPSA) is 124 Å². The average molecular weight is 567 g/mol. The minimum atomic E-state index is -1.21. The van der Waals surface area contributed by atoms with Crippen LogP contribution in [0.5, 0.6) is 0 Å². The second-order valence-corrected chi connectivity index (χ2v) is 9.25. The van der Waals surface area contributed by atoms with Gasteiger partial charge in [-0.3, -0.25) is 19.2 Å². The van der Waals surface area contributed by atoms with Gasteiger partial charge in [0.25, 0.3) is 0 Å². The summed E-state index contributed by atoms with van der Waals surface area (Å²) in [5.41, 5.74) is 0. The quantitative estimate of drug-likeness (QED) is 0.118. The molecular weight excluding hydrogens is 528 g/mol. The first-order valence-corrected chi connectivity index (χ1v) is 13.3. The summed E-state index contributed by atoms with van der Waals surface area (Å²) in [6.07, 6.45) is 3.15. The summed E-state index contributed by atoms with van der Waals surface area (Å²) < 4.78 is 32.9. The molecule has 202 valence electrons. The van der Waals surface area contributed by atoms with Gasteiger partial charge in [0.15, 0.2) is 24.6 Å². The minimum absolute atomic E-state index is 0.271. The Labute approximate surface area is 215 Å². The largest absolute Gasteiger partial charge is 0.463 e. The monoisotopic (exact) mass is 566 g/mol. The van der Waals surface area contributed by atoms with E-state index in [0.717, 1.165) is 31.0 Å². The number of carbonyl (C=O) groups excluding carboxylic acids is 4. The zero-order valence-corrected chi connectivity index (χ0v) is 22.7. The van der Waals surface area contributed by atoms with Gasteiger partial charge in [0.1, 0.15) is 12.7 Å². The first-order valence-electron chi connectivity index (χ1n) is 12.1. The number of rotatable bonds is 16. The zero-order chi connectivity index (χ0) is 26.2. The van der Waals surface area contributed by atoms with E-state index in [4.69, 9.17) is 28.4 Å². The van der Waals surface area contributed by atoms with E-state index in [1.807, 2.05) is 0 Å². The zero-order valence-electron chi connectivity index (χ0n) is 21.1. The van der Waals surface area contributed by atoms with Crippen LogP contribution in [-0.2, 0) is 47.6 Å². The normalized spacial score (nSPS) is 23.9. The van der Waals surface area contributed by atoms with E-state index in [2.05, 4.69) is 15.9 Å². The van der Waals surface area contributed by atoms with E-state index < -0.39 is 54.6 Å². The van der Waals surface area contributed by atoms with Gasteiger partial charge in [-0.2, -0.15) is 0 Å². The summed E-state index contributed by atoms with van der Waals surface area (Å²) in [4.78, 5) is 46.7. The molecule has 1 fully saturated rings. The van der Waals surface area contributed by atoms with Gasteiger partial charge < -0.3 is 28.4 Å². The van der Waals surface area contributed by atoms with E-state index in [9.17, 15) is 19.2 Å². The van der Waals surface area contributed by atoms with Crippen LogP contribution in [0.25, 0.3) is 0 Å². The van der Waals surface area contributed by atoms with Crippen molar-refractivity contribution in [3.05, 3.63) is 0 Å². The number of alkyl halides is 1. The molecule has 0 aromatic carbocycles. The molecule has 0 spiro atoms. The number of ether oxygens (including phenoxy) is 6. The minimum Gasteiger partial charge on any atom is -0.463 e. The third-order valence-corrected chi connectivity index (χ3v) is 5.82. The molecule has 1 aliphatic heterocycles. The molecule has 0 amide bonds. The Kier molecular flexibility index (Phi) is 15.8. The molecule has 11 heteroatoms. The Morgan fingerprint density at radius 3 is 1.66 bits per heavy atom. The van der Waals surface area contributed by atoms with Crippen LogP contribution in [0.2, 0.25) is 0 Å². The van der Waals surface area contributed by atoms with Gasteiger partial charge in [0.05, 0.1) is 0 Å². The second kappa shape index (κ2) is 17.7. The summed E-state index contributed by atoms with van der Waals surface area (Å²) in [7, 11) is 0. The van der Waals surface area contributed by atoms with Crippen LogP contribution in [0.4, 0.5) is 0 Å². The number of esters is 4. The highest BCUT2D eigenvalue weighted by Gasteiger charge is 2.52. The van der Waals surface area contributed by atoms with Crippen molar-refractivity contribution < 1.29 is 47.6 Å². The summed E-state index contributed by atoms with van der Waals surface area (Å²) in [5, 5.41) is 1.05. The number of unbranched alkanes of at least 4 members (excludes halogenated alkanes) is 7. The van der Waals surface area contributed by atoms with Crippen LogP contribution in [0.15, 0.2) is 0 Å². The highest BCUT2D eigenvalue weighted by Crippen LogP contribution is 2.30. The van der Waals surface area contributed by atoms with Crippen LogP contribution in [0, 0.1) is 0 Å². The van der Waals surface area contributed by atoms with E-state index in [1.54, 1.807) is 0 Å². The van der Waals surface area contributed by atoms with E-state index in [1.165, 1.54) is 53.4 Å². The third kappa shape index (κ3) is 13.2. The molecule has 0 bridgehead atoms. The van der Waals surface area contributed by atoms with Gasteiger partial charge in [-0.05, 0) is 12.8 Å². The molecule has 0 N–H and O–H groups in total. The van der Waals surface area contributed by atoms with Crippen LogP contribution in [0.1, 0.15) is 79.1 Å². The number of halogens is 1. The first-order chi connectivity index (χ1) is 16.6. The number of carbonyl (C=O) groups is 4. The molecule has 5 atom stereocenters. The SMILES string of the molecule is CC(=O)OC[C@H]1O[C@@H](OCCCCCCCCCCBr)[C@H](OC(C)=O)[C@@H](OC(C)=O)[C@H]1OC(C)=O. The predicted octanol–water partition coefficient (Wildman–Crippen LogP) is 3.60. The van der Waals surface area contributed by atoms with Gasteiger partial charge >= 0.3 is 23.9 Å². The number of hydrogen-bond acceptors (Lipinski definition) is 10. The van der Waals surface area contributed by atoms with Crippen molar-refractivity contribution in [2.24, 2.45) is 0 Å². The van der Waals surface area contributed by atoms with Crippen molar-refractivity contribution in [2.45, 2.75) is 110 Å². The van der Waals surface area contributed by atoms with Crippen LogP contribution < -0.4 is 0 Å². The average Bonchev–Trinajstić information content (AvgIpc) is 2.76. The lowest BCUT2D eigenvalue weighted by Crippen LogP contribution is -2.63. The van der Waals surface area contributed by atoms with Gasteiger partial charge in [-0.1, -0.05) is 54.5 Å². The molecule has 35 heavy (non-hydrogen) atoms. The van der Waals surface area contributed by atoms with Crippen molar-refractivity contribution in [1.82, 2.24) is 0 Å². The number of hydrogen-bond donors (Lipinski definition) is 0. The molecule has 1 saturated heterocycles. The standard InChI is InChI=1S/C24H39BrO10/c1-16(26)31-15-20-21(32-17(2)27)22(33-18(3)28)23(34-19(4)29)24(35-20)30-14-12-10-8-6-5-7-9-11-13-25/h20-24H,5-15H2,1-4H3/t20-,21+,22+,23-,24-/m1/s1. The molecule has 0 unspecified atom stereocenters. The summed E-state index contributed by atoms with van der Waals surface area (Å²) in [6, 6.07) is 0. The molecule has 0 aliphatic carbocycles. The Morgan fingerprint density at radius 1 is 0.657 bits per heavy atom. The molecule has 0 aromatic heterocycles. The molecule has 10 nitrogen and oxygen atoms in total. The van der Waals surface area contributed by atoms with Gasteiger partial charge in [-0.25, -0.2) is 0 Å². The smallest absolute Gasteiger partial charge is 0.303 e. The lowest BCUT2D eigenvalue weighted by molar-refractivity contribution is -0.308. The second-order valence-electron chi connectivity index (χ2n) is 8.46. The van der Waals surface area contributed by atoms with Crippen molar-refractivity contribution in [1.29, 1.82) is 0 Å². The van der Waals surface area contributed by atoms with Crippen molar-refractivity contribution >= 4 is 39.8 Å². The molecule has 0 saturated carbocycles. The molecule has 1 aliphatic rings. The summed E-state index contributed by atoms with van der Waals surface area (Å²) >= 11 is 3.44. The lowest BCUT2D eigenvalue weighted by Gasteiger charge is -2.44. The summed E-state index contributed by atoms with van der Waals surface area (Å²) in [5.74, 6) is -2.56. The van der Waals surface area contributed by atoms with Gasteiger partial charge in [0.2, 0.25) is 0 Å². The highest BCUT2D eigenvalue weighted by molar-refractivity contribution is 9.09. The van der Waals surface area contributed by atoms with Crippen molar-refractivity contribution in [3.8, 4) is 0 Å². The molecule has 1 heterocycles. The predicted molar refractivity (Wildman–Crippen MR) is 129 cm³/mol. The fraction of sp³-hybridized carbons (Fsp3) is 0.833. The molecule has 1 rings (SSSR count). The fourth-order valence-corrected chi connectivity index (χ4v) is 4.18. The Morgan fingerprint density at radius 2 is 1.14 bits per heavy atom. The Bertz CT molecular complexity index is 671. The van der Waals surface area contributed by atoms with Crippen LogP contribution in [-0.4, -0.2) is 73.1 Å². The Hall–Kier alpha value is -1.72. The first kappa shape index (κ1) is 31.3. The molecule has 0 radical (unpaired) electrons. The fourth-order valence-electron chi connectivity index (χ4n) is 3.78. The maximum Gasteiger partial charge on any atom is 0.303 e. The van der Waals surface area contributed by atoms with Gasteiger partial charge in [-0.15, -0.1) is 0 Å². The van der Waals surface area contributed by atoms with Crippen LogP contribution in [0.3, 0.4) is 0 Å². The molecule has 0 aromatic rings. The van der Waals surface area contributed by atoms with E-state index in [0.29, 0.717) is 6.61 Å². The van der Waals surface area contributed by atoms with Crippen LogP contribution >= 0.6 is 15.9 Å². The van der Waals surface area contributed by atoms with E-state index in [-0.39, 0.29) is 6.61 Å². The van der Waals surface area contributed by atoms with Crippen molar-refractivity contribution in [2.75, 3.05) is 18.5 Å². The van der Waals surface area contributed by atoms with E-state index >= 15 is 0 Å². The van der Waals surface area contributed by atoms with Gasteiger partial charge in [0, 0.05) is 39.6 Å². The maximum atomic E-state index is 11.8. The maximum absolute atomic E-state index is 11.8. The Balaban J connectivity index is 2.83. The highest BCUT2D eigenvalue weighted by atomic mass is 79.9. The summed E-state index contributed by atoms with van der Waals surface area (Å²) in [6.45, 7) is 4.83. The third-order valence-electron chi connectivity index (χ3n) is 5.26. The molecular formula is C24H39BrO10. The van der Waals surface area contributed by atoms with Crippen molar-refractivity contribution in [3.63, 3.8) is 0 Å². The lowest BCUT2D eigenvalue weighted by atomic mass is 9.98.